The first-order valence-electron chi connectivity index (χ1n) is 10.4. The van der Waals surface area contributed by atoms with E-state index in [0.29, 0.717) is 35.8 Å². The van der Waals surface area contributed by atoms with Gasteiger partial charge in [0.1, 0.15) is 5.82 Å². The lowest BCUT2D eigenvalue weighted by Crippen LogP contribution is -2.28. The highest BCUT2D eigenvalue weighted by atomic mass is 19.3. The zero-order chi connectivity index (χ0) is 23.4. The van der Waals surface area contributed by atoms with Crippen molar-refractivity contribution in [2.45, 2.75) is 38.4 Å². The quantitative estimate of drug-likeness (QED) is 0.600. The van der Waals surface area contributed by atoms with Gasteiger partial charge in [0.25, 0.3) is 0 Å². The summed E-state index contributed by atoms with van der Waals surface area (Å²) in [5.41, 5.74) is 2.95. The molecule has 0 unspecified atom stereocenters. The summed E-state index contributed by atoms with van der Waals surface area (Å²) in [6, 6.07) is 10.0. The Hall–Kier alpha value is -3.75. The van der Waals surface area contributed by atoms with E-state index in [-0.39, 0.29) is 17.4 Å². The molecule has 5 rings (SSSR count). The lowest BCUT2D eigenvalue weighted by molar-refractivity contribution is -0.286. The summed E-state index contributed by atoms with van der Waals surface area (Å²) in [5, 5.41) is 2.90. The summed E-state index contributed by atoms with van der Waals surface area (Å²) in [4.78, 5) is 22.2. The highest BCUT2D eigenvalue weighted by molar-refractivity contribution is 6.01. The number of fused-ring (bicyclic) bond motifs is 1. The molecule has 0 saturated heterocycles. The molecule has 0 spiro atoms. The zero-order valence-electron chi connectivity index (χ0n) is 18.2. The van der Waals surface area contributed by atoms with Crippen LogP contribution in [0.5, 0.6) is 17.4 Å². The standard InChI is InChI=1S/C24H21F2N3O4/c1-13-9-17(16-8-14(2)12-27-21(16)31-3)28-20(10-13)29-22(30)23(6-7-23)15-4-5-18-19(11-15)33-24(25,26)32-18/h4-5,8-12H,6-7H2,1-3H3,(H,28,29,30). The second-order valence-electron chi connectivity index (χ2n) is 8.35. The number of nitrogens with zero attached hydrogens (tertiary/aromatic N) is 2. The van der Waals surface area contributed by atoms with E-state index >= 15 is 0 Å². The fraction of sp³-hybridized carbons (Fsp3) is 0.292. The summed E-state index contributed by atoms with van der Waals surface area (Å²) in [6.07, 6.45) is -0.821. The van der Waals surface area contributed by atoms with Gasteiger partial charge in [-0.25, -0.2) is 9.97 Å². The Kier molecular flexibility index (Phi) is 4.73. The van der Waals surface area contributed by atoms with Gasteiger partial charge < -0.3 is 19.5 Å². The lowest BCUT2D eigenvalue weighted by atomic mass is 9.94. The molecule has 170 valence electrons. The second-order valence-corrected chi connectivity index (χ2v) is 8.35. The molecule has 1 amide bonds. The van der Waals surface area contributed by atoms with E-state index < -0.39 is 11.7 Å². The van der Waals surface area contributed by atoms with Crippen LogP contribution in [0, 0.1) is 13.8 Å². The zero-order valence-corrected chi connectivity index (χ0v) is 18.2. The van der Waals surface area contributed by atoms with Crippen LogP contribution in [0.3, 0.4) is 0 Å². The van der Waals surface area contributed by atoms with Gasteiger partial charge in [-0.05, 0) is 73.7 Å². The number of carbonyl (C=O) groups excluding carboxylic acids is 1. The molecule has 1 aliphatic carbocycles. The maximum Gasteiger partial charge on any atom is 0.586 e. The molecule has 9 heteroatoms. The van der Waals surface area contributed by atoms with E-state index in [0.717, 1.165) is 16.7 Å². The molecular formula is C24H21F2N3O4. The summed E-state index contributed by atoms with van der Waals surface area (Å²) in [7, 11) is 1.54. The molecule has 1 aliphatic heterocycles. The second kappa shape index (κ2) is 7.40. The molecule has 1 N–H and O–H groups in total. The third-order valence-electron chi connectivity index (χ3n) is 5.81. The van der Waals surface area contributed by atoms with E-state index in [9.17, 15) is 13.6 Å². The molecule has 3 aromatic rings. The molecule has 0 atom stereocenters. The van der Waals surface area contributed by atoms with Crippen molar-refractivity contribution in [3.05, 3.63) is 59.3 Å². The number of carbonyl (C=O) groups is 1. The van der Waals surface area contributed by atoms with E-state index in [1.54, 1.807) is 18.3 Å². The van der Waals surface area contributed by atoms with Gasteiger partial charge in [-0.15, -0.1) is 8.78 Å². The molecule has 1 aromatic carbocycles. The minimum Gasteiger partial charge on any atom is -0.481 e. The fourth-order valence-corrected chi connectivity index (χ4v) is 4.03. The van der Waals surface area contributed by atoms with Crippen LogP contribution in [0.1, 0.15) is 29.5 Å². The molecule has 1 fully saturated rings. The third-order valence-corrected chi connectivity index (χ3v) is 5.81. The van der Waals surface area contributed by atoms with Crippen LogP contribution < -0.4 is 19.5 Å². The predicted molar refractivity (Wildman–Crippen MR) is 116 cm³/mol. The van der Waals surface area contributed by atoms with Crippen molar-refractivity contribution in [3.8, 4) is 28.6 Å². The number of anilines is 1. The van der Waals surface area contributed by atoms with Crippen LogP contribution in [0.25, 0.3) is 11.3 Å². The Labute approximate surface area is 188 Å². The summed E-state index contributed by atoms with van der Waals surface area (Å²) in [5.74, 6) is 0.438. The van der Waals surface area contributed by atoms with E-state index in [2.05, 4.69) is 24.8 Å². The number of alkyl halides is 2. The van der Waals surface area contributed by atoms with Crippen molar-refractivity contribution >= 4 is 11.7 Å². The number of pyridine rings is 2. The van der Waals surface area contributed by atoms with Gasteiger partial charge in [0.2, 0.25) is 11.8 Å². The van der Waals surface area contributed by atoms with Crippen LogP contribution in [0.4, 0.5) is 14.6 Å². The highest BCUT2D eigenvalue weighted by Gasteiger charge is 2.53. The number of benzene rings is 1. The predicted octanol–water partition coefficient (Wildman–Crippen LogP) is 4.76. The van der Waals surface area contributed by atoms with E-state index in [1.807, 2.05) is 26.0 Å². The minimum absolute atomic E-state index is 0.0503. The van der Waals surface area contributed by atoms with Crippen LogP contribution >= 0.6 is 0 Å². The molecule has 7 nitrogen and oxygen atoms in total. The summed E-state index contributed by atoms with van der Waals surface area (Å²) >= 11 is 0. The fourth-order valence-electron chi connectivity index (χ4n) is 4.03. The van der Waals surface area contributed by atoms with Gasteiger partial charge in [-0.3, -0.25) is 4.79 Å². The Morgan fingerprint density at radius 2 is 1.82 bits per heavy atom. The van der Waals surface area contributed by atoms with Crippen molar-refractivity contribution in [1.29, 1.82) is 0 Å². The molecule has 3 heterocycles. The maximum atomic E-state index is 13.4. The molecule has 2 aromatic heterocycles. The first-order chi connectivity index (χ1) is 15.7. The number of methoxy groups -OCH3 is 1. The number of nitrogens with one attached hydrogen (secondary N) is 1. The monoisotopic (exact) mass is 453 g/mol. The Morgan fingerprint density at radius 1 is 1.06 bits per heavy atom. The smallest absolute Gasteiger partial charge is 0.481 e. The van der Waals surface area contributed by atoms with E-state index in [4.69, 9.17) is 4.74 Å². The van der Waals surface area contributed by atoms with Crippen molar-refractivity contribution in [3.63, 3.8) is 0 Å². The van der Waals surface area contributed by atoms with Gasteiger partial charge in [0.15, 0.2) is 11.5 Å². The van der Waals surface area contributed by atoms with Crippen LogP contribution in [-0.2, 0) is 10.2 Å². The topological polar surface area (TPSA) is 82.6 Å². The molecule has 1 saturated carbocycles. The average molecular weight is 453 g/mol. The Morgan fingerprint density at radius 3 is 2.55 bits per heavy atom. The van der Waals surface area contributed by atoms with Gasteiger partial charge in [-0.2, -0.15) is 0 Å². The molecule has 0 bridgehead atoms. The van der Waals surface area contributed by atoms with Gasteiger partial charge >= 0.3 is 6.29 Å². The van der Waals surface area contributed by atoms with Crippen LogP contribution in [-0.4, -0.2) is 29.3 Å². The average Bonchev–Trinajstić information content (AvgIpc) is 3.50. The summed E-state index contributed by atoms with van der Waals surface area (Å²) in [6.45, 7) is 3.83. The number of rotatable bonds is 5. The number of hydrogen-bond acceptors (Lipinski definition) is 6. The van der Waals surface area contributed by atoms with Gasteiger partial charge in [0.05, 0.1) is 23.8 Å². The lowest BCUT2D eigenvalue weighted by Gasteiger charge is -2.17. The number of hydrogen-bond donors (Lipinski definition) is 1. The first-order valence-corrected chi connectivity index (χ1v) is 10.4. The number of amides is 1. The molecule has 0 radical (unpaired) electrons. The minimum atomic E-state index is -3.70. The number of ether oxygens (including phenoxy) is 3. The Balaban J connectivity index is 1.43. The van der Waals surface area contributed by atoms with Crippen molar-refractivity contribution in [2.24, 2.45) is 0 Å². The third kappa shape index (κ3) is 3.83. The van der Waals surface area contributed by atoms with Crippen LogP contribution in [0.2, 0.25) is 0 Å². The molecule has 33 heavy (non-hydrogen) atoms. The maximum absolute atomic E-state index is 13.4. The summed E-state index contributed by atoms with van der Waals surface area (Å²) < 4.78 is 41.1. The molecule has 2 aliphatic rings. The number of aromatic nitrogens is 2. The largest absolute Gasteiger partial charge is 0.586 e. The number of halogens is 2. The normalized spacial score (nSPS) is 16.9. The van der Waals surface area contributed by atoms with Crippen molar-refractivity contribution in [1.82, 2.24) is 9.97 Å². The van der Waals surface area contributed by atoms with Crippen molar-refractivity contribution < 1.29 is 27.8 Å². The van der Waals surface area contributed by atoms with E-state index in [1.165, 1.54) is 19.2 Å². The van der Waals surface area contributed by atoms with Gasteiger partial charge in [0, 0.05) is 6.20 Å². The van der Waals surface area contributed by atoms with Crippen molar-refractivity contribution in [2.75, 3.05) is 12.4 Å². The van der Waals surface area contributed by atoms with Gasteiger partial charge in [-0.1, -0.05) is 6.07 Å². The van der Waals surface area contributed by atoms with Crippen LogP contribution in [0.15, 0.2) is 42.6 Å². The first kappa shape index (κ1) is 21.1. The highest BCUT2D eigenvalue weighted by Crippen LogP contribution is 2.52. The SMILES string of the molecule is COc1ncc(C)cc1-c1cc(C)cc(NC(=O)C2(c3ccc4c(c3)OC(F)(F)O4)CC2)n1. The number of aryl methyl sites for hydroxylation is 2. The molecular weight excluding hydrogens is 432 g/mol. The Bertz CT molecular complexity index is 1270.